The van der Waals surface area contributed by atoms with Gasteiger partial charge in [-0.3, -0.25) is 4.79 Å². The number of hydrogen-bond acceptors (Lipinski definition) is 4. The summed E-state index contributed by atoms with van der Waals surface area (Å²) >= 11 is 0. The van der Waals surface area contributed by atoms with Crippen molar-refractivity contribution in [1.29, 1.82) is 0 Å². The van der Waals surface area contributed by atoms with Crippen LogP contribution in [0.3, 0.4) is 0 Å². The third-order valence-corrected chi connectivity index (χ3v) is 2.63. The van der Waals surface area contributed by atoms with E-state index in [1.54, 1.807) is 6.92 Å². The summed E-state index contributed by atoms with van der Waals surface area (Å²) in [6.07, 6.45) is 0.00676. The van der Waals surface area contributed by atoms with Crippen LogP contribution in [0.15, 0.2) is 0 Å². The first-order chi connectivity index (χ1) is 5.39. The van der Waals surface area contributed by atoms with Gasteiger partial charge in [0.25, 0.3) is 0 Å². The molecule has 7 heteroatoms. The van der Waals surface area contributed by atoms with Gasteiger partial charge in [-0.2, -0.15) is 0 Å². The van der Waals surface area contributed by atoms with E-state index < -0.39 is 22.0 Å². The lowest BCUT2D eigenvalue weighted by Crippen LogP contribution is -2.36. The Morgan fingerprint density at radius 2 is 1.92 bits per heavy atom. The molecule has 13 heavy (non-hydrogen) atoms. The van der Waals surface area contributed by atoms with Gasteiger partial charge < -0.3 is 11.5 Å². The summed E-state index contributed by atoms with van der Waals surface area (Å²) in [4.78, 5) is 10.5. The van der Waals surface area contributed by atoms with E-state index in [2.05, 4.69) is 0 Å². The molecule has 4 N–H and O–H groups in total. The Morgan fingerprint density at radius 3 is 2.15 bits per heavy atom. The van der Waals surface area contributed by atoms with Gasteiger partial charge in [-0.15, -0.1) is 12.4 Å². The Morgan fingerprint density at radius 1 is 1.46 bits per heavy atom. The largest absolute Gasteiger partial charge is 0.370 e. The summed E-state index contributed by atoms with van der Waals surface area (Å²) in [5.41, 5.74) is 9.56. The molecule has 0 bridgehead atoms. The number of carbonyl (C=O) groups excluding carboxylic acids is 1. The van der Waals surface area contributed by atoms with E-state index in [1.807, 2.05) is 0 Å². The van der Waals surface area contributed by atoms with Crippen LogP contribution in [0.25, 0.3) is 0 Å². The van der Waals surface area contributed by atoms with Gasteiger partial charge in [0.15, 0.2) is 0 Å². The molecule has 0 aliphatic heterocycles. The molecule has 0 spiro atoms. The van der Waals surface area contributed by atoms with Gasteiger partial charge in [0.1, 0.15) is 10.7 Å². The van der Waals surface area contributed by atoms with Crippen molar-refractivity contribution in [3.05, 3.63) is 0 Å². The van der Waals surface area contributed by atoms with Gasteiger partial charge in [-0.25, -0.2) is 8.42 Å². The van der Waals surface area contributed by atoms with Gasteiger partial charge in [0.2, 0.25) is 5.91 Å². The third kappa shape index (κ3) is 6.80. The van der Waals surface area contributed by atoms with E-state index in [0.29, 0.717) is 0 Å². The average molecular weight is 231 g/mol. The maximum atomic E-state index is 10.5. The Balaban J connectivity index is 0. The maximum absolute atomic E-state index is 10.5. The van der Waals surface area contributed by atoms with Crippen LogP contribution in [0.4, 0.5) is 0 Å². The molecule has 0 unspecified atom stereocenters. The lowest BCUT2D eigenvalue weighted by molar-refractivity contribution is -0.119. The van der Waals surface area contributed by atoms with Crippen LogP contribution >= 0.6 is 12.4 Å². The van der Waals surface area contributed by atoms with Crippen molar-refractivity contribution in [2.75, 3.05) is 12.3 Å². The first-order valence-electron chi connectivity index (χ1n) is 3.50. The highest BCUT2D eigenvalue weighted by Crippen LogP contribution is 2.18. The van der Waals surface area contributed by atoms with Gasteiger partial charge in [-0.05, 0) is 6.54 Å². The number of primary amides is 1. The normalized spacial score (nSPS) is 14.7. The second-order valence-corrected chi connectivity index (χ2v) is 4.13. The molecule has 1 atom stereocenters. The van der Waals surface area contributed by atoms with Gasteiger partial charge in [-0.1, -0.05) is 6.92 Å². The van der Waals surface area contributed by atoms with Gasteiger partial charge in [0, 0.05) is 11.8 Å². The number of carbonyl (C=O) groups is 1. The standard InChI is InChI=1S/C6H14N2O3S.ClH/c1-6(3-7,2-5(8)9)4-12(10)11;/h12H,2-4,7H2,1H3,(H2,8,9);1H/t6-;/m0./s1. The number of thiol groups is 1. The predicted molar refractivity (Wildman–Crippen MR) is 53.4 cm³/mol. The van der Waals surface area contributed by atoms with Crippen LogP contribution < -0.4 is 11.5 Å². The lowest BCUT2D eigenvalue weighted by Gasteiger charge is -2.22. The van der Waals surface area contributed by atoms with E-state index in [-0.39, 0.29) is 31.1 Å². The second-order valence-electron chi connectivity index (χ2n) is 3.15. The van der Waals surface area contributed by atoms with Crippen LogP contribution in [0.5, 0.6) is 0 Å². The molecule has 0 heterocycles. The fourth-order valence-electron chi connectivity index (χ4n) is 0.925. The Hall–Kier alpha value is -0.330. The van der Waals surface area contributed by atoms with Gasteiger partial charge in [0.05, 0.1) is 5.75 Å². The zero-order valence-corrected chi connectivity index (χ0v) is 9.07. The number of hydrogen-bond donors (Lipinski definition) is 3. The van der Waals surface area contributed by atoms with Crippen molar-refractivity contribution in [3.8, 4) is 0 Å². The predicted octanol–water partition coefficient (Wildman–Crippen LogP) is -1.14. The second kappa shape index (κ2) is 6.17. The van der Waals surface area contributed by atoms with Gasteiger partial charge >= 0.3 is 0 Å². The third-order valence-electron chi connectivity index (χ3n) is 1.60. The highest BCUT2D eigenvalue weighted by Gasteiger charge is 2.25. The molecule has 1 amide bonds. The number of rotatable bonds is 5. The van der Waals surface area contributed by atoms with Crippen molar-refractivity contribution < 1.29 is 13.2 Å². The zero-order valence-electron chi connectivity index (χ0n) is 7.36. The molecule has 0 aliphatic rings. The maximum Gasteiger partial charge on any atom is 0.218 e. The lowest BCUT2D eigenvalue weighted by atomic mass is 9.89. The van der Waals surface area contributed by atoms with E-state index in [9.17, 15) is 13.2 Å². The van der Waals surface area contributed by atoms with Crippen LogP contribution in [-0.4, -0.2) is 26.6 Å². The van der Waals surface area contributed by atoms with E-state index in [0.717, 1.165) is 0 Å². The fraction of sp³-hybridized carbons (Fsp3) is 0.833. The smallest absolute Gasteiger partial charge is 0.218 e. The summed E-state index contributed by atoms with van der Waals surface area (Å²) in [7, 11) is -2.51. The van der Waals surface area contributed by atoms with E-state index in [1.165, 1.54) is 0 Å². The summed E-state index contributed by atoms with van der Waals surface area (Å²) < 4.78 is 20.8. The Kier molecular flexibility index (Phi) is 7.20. The Bertz CT molecular complexity index is 236. The molecule has 0 radical (unpaired) electrons. The molecule has 80 valence electrons. The molecule has 0 aromatic rings. The first-order valence-corrected chi connectivity index (χ1v) is 4.86. The quantitative estimate of drug-likeness (QED) is 0.520. The Labute approximate surface area is 85.2 Å². The van der Waals surface area contributed by atoms with Crippen LogP contribution in [-0.2, 0) is 15.5 Å². The van der Waals surface area contributed by atoms with Crippen LogP contribution in [0.1, 0.15) is 13.3 Å². The molecular weight excluding hydrogens is 216 g/mol. The summed E-state index contributed by atoms with van der Waals surface area (Å²) in [6, 6.07) is 0. The SMILES string of the molecule is C[C@@](CN)(CC(N)=O)C[SH](=O)=O.Cl. The molecule has 0 rings (SSSR count). The molecular formula is C6H15ClN2O3S. The zero-order chi connectivity index (χ0) is 9.78. The van der Waals surface area contributed by atoms with Crippen LogP contribution in [0.2, 0.25) is 0 Å². The summed E-state index contributed by atoms with van der Waals surface area (Å²) in [6.45, 7) is 1.77. The van der Waals surface area contributed by atoms with Crippen molar-refractivity contribution in [3.63, 3.8) is 0 Å². The molecule has 5 nitrogen and oxygen atoms in total. The minimum absolute atomic E-state index is 0. The average Bonchev–Trinajstić information content (AvgIpc) is 1.83. The topological polar surface area (TPSA) is 103 Å². The first kappa shape index (κ1) is 15.2. The molecule has 0 saturated heterocycles. The highest BCUT2D eigenvalue weighted by molar-refractivity contribution is 7.72. The monoisotopic (exact) mass is 230 g/mol. The number of halogens is 1. The molecule has 0 saturated carbocycles. The molecule has 0 fully saturated rings. The molecule has 0 aliphatic carbocycles. The summed E-state index contributed by atoms with van der Waals surface area (Å²) in [5, 5.41) is 0. The highest BCUT2D eigenvalue weighted by atomic mass is 35.5. The molecule has 0 aromatic heterocycles. The minimum atomic E-state index is -2.51. The number of amides is 1. The minimum Gasteiger partial charge on any atom is -0.370 e. The van der Waals surface area contributed by atoms with Crippen LogP contribution in [0, 0.1) is 5.41 Å². The van der Waals surface area contributed by atoms with E-state index >= 15 is 0 Å². The van der Waals surface area contributed by atoms with Crippen molar-refractivity contribution >= 4 is 29.0 Å². The molecule has 0 aromatic carbocycles. The van der Waals surface area contributed by atoms with E-state index in [4.69, 9.17) is 11.5 Å². The number of nitrogens with two attached hydrogens (primary N) is 2. The van der Waals surface area contributed by atoms with Crippen molar-refractivity contribution in [1.82, 2.24) is 0 Å². The van der Waals surface area contributed by atoms with Crippen molar-refractivity contribution in [2.45, 2.75) is 13.3 Å². The fourth-order valence-corrected chi connectivity index (χ4v) is 1.79. The van der Waals surface area contributed by atoms with Crippen molar-refractivity contribution in [2.24, 2.45) is 16.9 Å². The summed E-state index contributed by atoms with van der Waals surface area (Å²) in [5.74, 6) is -0.623.